The van der Waals surface area contributed by atoms with Gasteiger partial charge in [-0.3, -0.25) is 14.8 Å². The number of nitrogens with zero attached hydrogens (tertiary/aromatic N) is 2. The van der Waals surface area contributed by atoms with E-state index in [1.165, 1.54) is 5.56 Å². The van der Waals surface area contributed by atoms with Crippen LogP contribution in [0.3, 0.4) is 0 Å². The van der Waals surface area contributed by atoms with E-state index in [1.54, 1.807) is 0 Å². The molecule has 0 amide bonds. The second-order valence-corrected chi connectivity index (χ2v) is 13.2. The van der Waals surface area contributed by atoms with Gasteiger partial charge in [0.05, 0.1) is 17.1 Å². The van der Waals surface area contributed by atoms with Crippen LogP contribution in [-0.4, -0.2) is 43.0 Å². The van der Waals surface area contributed by atoms with Crippen LogP contribution in [0.1, 0.15) is 55.5 Å². The molecule has 2 aromatic rings. The van der Waals surface area contributed by atoms with Crippen molar-refractivity contribution >= 4 is 41.0 Å². The molecule has 0 radical (unpaired) electrons. The van der Waals surface area contributed by atoms with Crippen molar-refractivity contribution in [3.8, 4) is 0 Å². The Balaban J connectivity index is 1.50. The number of pyridine rings is 1. The fourth-order valence-corrected chi connectivity index (χ4v) is 5.98. The Labute approximate surface area is 195 Å². The topological polar surface area (TPSA) is 80.7 Å². The van der Waals surface area contributed by atoms with Gasteiger partial charge < -0.3 is 14.6 Å². The van der Waals surface area contributed by atoms with E-state index in [9.17, 15) is 9.36 Å². The van der Waals surface area contributed by atoms with Crippen molar-refractivity contribution < 1.29 is 14.1 Å². The maximum absolute atomic E-state index is 13.3. The van der Waals surface area contributed by atoms with Crippen molar-refractivity contribution in [2.45, 2.75) is 51.4 Å². The molecule has 6 nitrogen and oxygen atoms in total. The molecule has 0 unspecified atom stereocenters. The fourth-order valence-electron chi connectivity index (χ4n) is 4.81. The van der Waals surface area contributed by atoms with Crippen molar-refractivity contribution in [3.63, 3.8) is 0 Å². The van der Waals surface area contributed by atoms with Gasteiger partial charge in [0.15, 0.2) is 0 Å². The van der Waals surface area contributed by atoms with E-state index >= 15 is 0 Å². The number of ether oxygens (including phenoxy) is 1. The van der Waals surface area contributed by atoms with Crippen molar-refractivity contribution in [1.82, 2.24) is 4.98 Å². The molecule has 0 spiro atoms. The molecule has 1 aromatic heterocycles. The number of carbonyl (C=O) groups is 1. The largest absolute Gasteiger partial charge is 0.381 e. The second kappa shape index (κ2) is 8.81. The van der Waals surface area contributed by atoms with Gasteiger partial charge in [-0.25, -0.2) is 0 Å². The van der Waals surface area contributed by atoms with Crippen LogP contribution in [-0.2, 0) is 26.9 Å². The summed E-state index contributed by atoms with van der Waals surface area (Å²) in [4.78, 5) is 21.9. The van der Waals surface area contributed by atoms with Gasteiger partial charge in [-0.05, 0) is 75.6 Å². The Hall–Kier alpha value is -2.30. The van der Waals surface area contributed by atoms with E-state index in [2.05, 4.69) is 17.4 Å². The Morgan fingerprint density at radius 3 is 2.58 bits per heavy atom. The zero-order valence-electron chi connectivity index (χ0n) is 19.7. The second-order valence-electron chi connectivity index (χ2n) is 10.0. The SMILES string of the molecule is CC1=Nc2c(Nc3ccc(C4CCOCC4)cc3P(C)(C)=O)cc(CC(=O)C3CC3)nc2C1. The molecule has 3 heterocycles. The zero-order valence-corrected chi connectivity index (χ0v) is 20.6. The van der Waals surface area contributed by atoms with Crippen molar-refractivity contribution in [2.24, 2.45) is 10.9 Å². The highest BCUT2D eigenvalue weighted by Crippen LogP contribution is 2.42. The van der Waals surface area contributed by atoms with E-state index < -0.39 is 7.14 Å². The molecule has 3 aliphatic rings. The average Bonchev–Trinajstić information content (AvgIpc) is 3.56. The van der Waals surface area contributed by atoms with Gasteiger partial charge in [-0.1, -0.05) is 6.07 Å². The third kappa shape index (κ3) is 4.97. The van der Waals surface area contributed by atoms with Gasteiger partial charge in [-0.2, -0.15) is 0 Å². The van der Waals surface area contributed by atoms with E-state index in [-0.39, 0.29) is 11.7 Å². The van der Waals surface area contributed by atoms with Gasteiger partial charge in [0.25, 0.3) is 0 Å². The molecule has 7 heteroatoms. The monoisotopic (exact) mass is 465 g/mol. The van der Waals surface area contributed by atoms with Crippen molar-refractivity contribution in [1.29, 1.82) is 0 Å². The molecule has 1 aromatic carbocycles. The highest BCUT2D eigenvalue weighted by Gasteiger charge is 2.30. The van der Waals surface area contributed by atoms with Crippen LogP contribution in [0, 0.1) is 5.92 Å². The first kappa shape index (κ1) is 22.5. The number of anilines is 2. The Kier molecular flexibility index (Phi) is 6.00. The molecule has 5 rings (SSSR count). The minimum Gasteiger partial charge on any atom is -0.381 e. The number of hydrogen-bond acceptors (Lipinski definition) is 6. The lowest BCUT2D eigenvalue weighted by molar-refractivity contribution is -0.119. The van der Waals surface area contributed by atoms with Gasteiger partial charge in [0, 0.05) is 48.7 Å². The van der Waals surface area contributed by atoms with Gasteiger partial charge >= 0.3 is 0 Å². The quantitative estimate of drug-likeness (QED) is 0.573. The number of aliphatic imine (C=N–C) groups is 1. The number of aromatic nitrogens is 1. The van der Waals surface area contributed by atoms with E-state index in [0.717, 1.165) is 78.4 Å². The number of Topliss-reactive ketones (excluding diaryl/α,β-unsaturated/α-hetero) is 1. The summed E-state index contributed by atoms with van der Waals surface area (Å²) in [6.45, 7) is 7.19. The molecule has 2 aliphatic heterocycles. The maximum atomic E-state index is 13.3. The minimum absolute atomic E-state index is 0.213. The van der Waals surface area contributed by atoms with E-state index in [0.29, 0.717) is 18.8 Å². The summed E-state index contributed by atoms with van der Waals surface area (Å²) >= 11 is 0. The highest BCUT2D eigenvalue weighted by molar-refractivity contribution is 7.70. The number of benzene rings is 1. The maximum Gasteiger partial charge on any atom is 0.141 e. The number of nitrogens with one attached hydrogen (secondary N) is 1. The summed E-state index contributed by atoms with van der Waals surface area (Å²) in [7, 11) is -2.54. The lowest BCUT2D eigenvalue weighted by Gasteiger charge is -2.25. The first-order valence-corrected chi connectivity index (χ1v) is 14.5. The summed E-state index contributed by atoms with van der Waals surface area (Å²) in [6.07, 6.45) is 5.05. The van der Waals surface area contributed by atoms with E-state index in [4.69, 9.17) is 14.7 Å². The van der Waals surface area contributed by atoms with Gasteiger partial charge in [0.1, 0.15) is 18.6 Å². The Morgan fingerprint density at radius 2 is 1.88 bits per heavy atom. The highest BCUT2D eigenvalue weighted by atomic mass is 31.2. The summed E-state index contributed by atoms with van der Waals surface area (Å²) < 4.78 is 18.8. The molecule has 1 saturated carbocycles. The first-order valence-electron chi connectivity index (χ1n) is 11.9. The number of hydrogen-bond donors (Lipinski definition) is 1. The standard InChI is InChI=1S/C26H32N3O3P/c1-16-12-22-26(27-16)23(14-20(28-22)15-24(30)18-4-5-18)29-21-7-6-19(13-25(21)33(2,3)31)17-8-10-32-11-9-17/h6-7,13-14,17-18H,4-5,8-12,15H2,1-3H3,(H,28,29). The smallest absolute Gasteiger partial charge is 0.141 e. The van der Waals surface area contributed by atoms with Crippen molar-refractivity contribution in [2.75, 3.05) is 31.9 Å². The lowest BCUT2D eigenvalue weighted by Crippen LogP contribution is -2.17. The fraction of sp³-hybridized carbons (Fsp3) is 0.500. The van der Waals surface area contributed by atoms with Crippen LogP contribution in [0.15, 0.2) is 29.3 Å². The molecule has 1 aliphatic carbocycles. The third-order valence-corrected chi connectivity index (χ3v) is 8.33. The van der Waals surface area contributed by atoms with Crippen LogP contribution >= 0.6 is 7.14 Å². The van der Waals surface area contributed by atoms with Crippen LogP contribution in [0.5, 0.6) is 0 Å². The van der Waals surface area contributed by atoms with Crippen molar-refractivity contribution in [3.05, 3.63) is 41.2 Å². The Morgan fingerprint density at radius 1 is 1.12 bits per heavy atom. The van der Waals surface area contributed by atoms with E-state index in [1.807, 2.05) is 32.4 Å². The first-order chi connectivity index (χ1) is 15.8. The number of fused-ring (bicyclic) bond motifs is 1. The van der Waals surface area contributed by atoms with Crippen LogP contribution in [0.4, 0.5) is 17.1 Å². The summed E-state index contributed by atoms with van der Waals surface area (Å²) in [5.41, 5.74) is 6.44. The number of rotatable bonds is 7. The number of carbonyl (C=O) groups excluding carboxylic acids is 1. The number of ketones is 1. The normalized spacial score (nSPS) is 18.7. The van der Waals surface area contributed by atoms with Crippen LogP contribution in [0.25, 0.3) is 0 Å². The molecule has 0 atom stereocenters. The molecule has 33 heavy (non-hydrogen) atoms. The molecular weight excluding hydrogens is 433 g/mol. The summed E-state index contributed by atoms with van der Waals surface area (Å²) in [6, 6.07) is 8.26. The molecule has 0 bridgehead atoms. The third-order valence-electron chi connectivity index (χ3n) is 6.80. The minimum atomic E-state index is -2.54. The Bertz CT molecular complexity index is 1170. The van der Waals surface area contributed by atoms with Gasteiger partial charge in [-0.15, -0.1) is 0 Å². The zero-order chi connectivity index (χ0) is 23.2. The summed E-state index contributed by atoms with van der Waals surface area (Å²) in [5.74, 6) is 0.928. The van der Waals surface area contributed by atoms with Gasteiger partial charge in [0.2, 0.25) is 0 Å². The molecule has 2 fully saturated rings. The molecular formula is C26H32N3O3P. The average molecular weight is 466 g/mol. The molecule has 1 N–H and O–H groups in total. The molecule has 1 saturated heterocycles. The van der Waals surface area contributed by atoms with Crippen LogP contribution in [0.2, 0.25) is 0 Å². The predicted octanol–water partition coefficient (Wildman–Crippen LogP) is 5.14. The predicted molar refractivity (Wildman–Crippen MR) is 134 cm³/mol. The summed E-state index contributed by atoms with van der Waals surface area (Å²) in [5, 5.41) is 4.39. The lowest BCUT2D eigenvalue weighted by atomic mass is 9.91. The van der Waals surface area contributed by atoms with Crippen LogP contribution < -0.4 is 10.6 Å². The molecule has 174 valence electrons.